The Morgan fingerprint density at radius 3 is 1.29 bits per heavy atom. The van der Waals surface area contributed by atoms with Gasteiger partial charge in [0, 0.05) is 6.42 Å². The molecular weight excluding hydrogens is 1070 g/mol. The molecule has 2 aliphatic heterocycles. The summed E-state index contributed by atoms with van der Waals surface area (Å²) in [6, 6.07) is -0.957. The second kappa shape index (κ2) is 55.0. The highest BCUT2D eigenvalue weighted by Gasteiger charge is 2.51. The highest BCUT2D eigenvalue weighted by Crippen LogP contribution is 2.30. The number of allylic oxidation sites excluding steroid dienone is 15. The summed E-state index contributed by atoms with van der Waals surface area (Å²) in [6.45, 7) is 2.66. The van der Waals surface area contributed by atoms with Crippen LogP contribution in [0, 0.1) is 0 Å². The van der Waals surface area contributed by atoms with E-state index in [4.69, 9.17) is 18.9 Å². The van der Waals surface area contributed by atoms with Crippen molar-refractivity contribution in [2.24, 2.45) is 0 Å². The minimum absolute atomic E-state index is 0.242. The average molecular weight is 1200 g/mol. The van der Waals surface area contributed by atoms with Crippen molar-refractivity contribution >= 4 is 5.91 Å². The standard InChI is InChI=1S/C71H123NO13/c1-3-5-7-9-11-13-15-17-19-21-23-25-26-27-28-29-30-31-32-33-35-36-38-40-42-44-46-48-50-52-54-60(75)59(58-82-70-68(81)66(79)69(62(57-74)84-70)85-71-67(80)65(78)64(77)61(56-73)83-71)72-63(76)55-53-51-49-47-45-43-41-39-37-34-24-22-20-18-16-14-12-10-8-6-4-2/h6,8,12,14,18,20,24,34,36,38-39,41,44,46,52,54,59-62,64-71,73-75,77-81H,3-5,7,9-11,13,15-17,19,21-23,25-33,35,37,40,42-43,45,47-51,53,55-58H2,1-2H3,(H,72,76)/b8-6-,14-12-,20-18-,34-24-,38-36+,41-39-,46-44+,54-52+. The first-order chi connectivity index (χ1) is 41.6. The zero-order valence-electron chi connectivity index (χ0n) is 53.1. The summed E-state index contributed by atoms with van der Waals surface area (Å²) in [5, 5.41) is 87.3. The summed E-state index contributed by atoms with van der Waals surface area (Å²) >= 11 is 0. The Balaban J connectivity index is 1.73. The van der Waals surface area contributed by atoms with Gasteiger partial charge in [-0.15, -0.1) is 0 Å². The molecule has 12 atom stereocenters. The Kier molecular flexibility index (Phi) is 50.5. The number of nitrogens with one attached hydrogen (secondary N) is 1. The molecule has 0 aromatic heterocycles. The fourth-order valence-corrected chi connectivity index (χ4v) is 10.6. The van der Waals surface area contributed by atoms with E-state index < -0.39 is 86.8 Å². The van der Waals surface area contributed by atoms with E-state index in [1.54, 1.807) is 6.08 Å². The molecule has 2 heterocycles. The van der Waals surface area contributed by atoms with Crippen LogP contribution in [0.1, 0.15) is 251 Å². The van der Waals surface area contributed by atoms with Gasteiger partial charge in [0.25, 0.3) is 0 Å². The Morgan fingerprint density at radius 2 is 0.824 bits per heavy atom. The number of carbonyl (C=O) groups excluding carboxylic acids is 1. The summed E-state index contributed by atoms with van der Waals surface area (Å²) in [5.41, 5.74) is 0. The maximum absolute atomic E-state index is 13.3. The highest BCUT2D eigenvalue weighted by molar-refractivity contribution is 5.76. The first-order valence-corrected chi connectivity index (χ1v) is 34.0. The Bertz CT molecular complexity index is 1800. The molecule has 490 valence electrons. The van der Waals surface area contributed by atoms with Gasteiger partial charge in [-0.05, 0) is 89.9 Å². The van der Waals surface area contributed by atoms with Gasteiger partial charge in [-0.3, -0.25) is 4.79 Å². The van der Waals surface area contributed by atoms with Crippen LogP contribution in [0.15, 0.2) is 97.2 Å². The van der Waals surface area contributed by atoms with Gasteiger partial charge < -0.3 is 65.1 Å². The molecule has 2 saturated heterocycles. The lowest BCUT2D eigenvalue weighted by Crippen LogP contribution is -2.65. The lowest BCUT2D eigenvalue weighted by molar-refractivity contribution is -0.359. The SMILES string of the molecule is CC/C=C\C/C=C\C/C=C\C/C=C\C/C=C\CCCCCCCC(=O)NC(COC1OC(CO)C(OC2OC(CO)C(O)C(O)C2O)C(O)C1O)C(O)/C=C/CC/C=C/CC/C=C/CCCCCCCCCCCCCCCCCCCCCC. The van der Waals surface area contributed by atoms with Crippen molar-refractivity contribution in [2.75, 3.05) is 19.8 Å². The Morgan fingerprint density at radius 1 is 0.435 bits per heavy atom. The third-order valence-electron chi connectivity index (χ3n) is 16.0. The molecule has 2 aliphatic rings. The molecule has 2 fully saturated rings. The number of hydrogen-bond acceptors (Lipinski definition) is 13. The van der Waals surface area contributed by atoms with Gasteiger partial charge in [0.05, 0.1) is 32.0 Å². The average Bonchev–Trinajstić information content (AvgIpc) is 3.69. The monoisotopic (exact) mass is 1200 g/mol. The van der Waals surface area contributed by atoms with Crippen LogP contribution in [0.5, 0.6) is 0 Å². The van der Waals surface area contributed by atoms with Crippen LogP contribution < -0.4 is 5.32 Å². The number of hydrogen-bond donors (Lipinski definition) is 9. The van der Waals surface area contributed by atoms with Gasteiger partial charge >= 0.3 is 0 Å². The van der Waals surface area contributed by atoms with Gasteiger partial charge in [0.1, 0.15) is 48.8 Å². The largest absolute Gasteiger partial charge is 0.394 e. The molecule has 0 radical (unpaired) electrons. The van der Waals surface area contributed by atoms with Crippen molar-refractivity contribution < 1.29 is 64.6 Å². The third-order valence-corrected chi connectivity index (χ3v) is 16.0. The van der Waals surface area contributed by atoms with Gasteiger partial charge in [0.2, 0.25) is 5.91 Å². The maximum atomic E-state index is 13.3. The van der Waals surface area contributed by atoms with Crippen molar-refractivity contribution in [1.82, 2.24) is 5.32 Å². The quantitative estimate of drug-likeness (QED) is 0.0204. The molecule has 14 heteroatoms. The second-order valence-electron chi connectivity index (χ2n) is 23.5. The van der Waals surface area contributed by atoms with E-state index in [0.29, 0.717) is 12.8 Å². The van der Waals surface area contributed by atoms with Gasteiger partial charge in [-0.25, -0.2) is 0 Å². The zero-order chi connectivity index (χ0) is 61.6. The van der Waals surface area contributed by atoms with E-state index >= 15 is 0 Å². The predicted octanol–water partition coefficient (Wildman–Crippen LogP) is 13.4. The van der Waals surface area contributed by atoms with E-state index in [-0.39, 0.29) is 18.9 Å². The van der Waals surface area contributed by atoms with E-state index in [1.165, 1.54) is 128 Å². The number of rotatable bonds is 54. The minimum Gasteiger partial charge on any atom is -0.394 e. The fraction of sp³-hybridized carbons (Fsp3) is 0.761. The molecule has 0 aromatic carbocycles. The number of aliphatic hydroxyl groups excluding tert-OH is 8. The van der Waals surface area contributed by atoms with E-state index in [1.807, 2.05) is 6.08 Å². The zero-order valence-corrected chi connectivity index (χ0v) is 53.1. The van der Waals surface area contributed by atoms with Gasteiger partial charge in [0.15, 0.2) is 12.6 Å². The molecule has 0 bridgehead atoms. The lowest BCUT2D eigenvalue weighted by atomic mass is 9.97. The van der Waals surface area contributed by atoms with E-state index in [9.17, 15) is 45.6 Å². The molecule has 2 rings (SSSR count). The van der Waals surface area contributed by atoms with E-state index in [2.05, 4.69) is 104 Å². The number of aliphatic hydroxyl groups is 8. The van der Waals surface area contributed by atoms with Crippen molar-refractivity contribution in [3.05, 3.63) is 97.2 Å². The minimum atomic E-state index is -1.80. The number of unbranched alkanes of at least 4 members (excludes halogenated alkanes) is 27. The lowest BCUT2D eigenvalue weighted by Gasteiger charge is -2.46. The summed E-state index contributed by atoms with van der Waals surface area (Å²) in [5.74, 6) is -0.274. The van der Waals surface area contributed by atoms with Gasteiger partial charge in [-0.1, -0.05) is 252 Å². The fourth-order valence-electron chi connectivity index (χ4n) is 10.6. The smallest absolute Gasteiger partial charge is 0.220 e. The first-order valence-electron chi connectivity index (χ1n) is 34.0. The van der Waals surface area contributed by atoms with Crippen LogP contribution in [0.2, 0.25) is 0 Å². The van der Waals surface area contributed by atoms with Crippen LogP contribution in [-0.2, 0) is 23.7 Å². The van der Waals surface area contributed by atoms with Gasteiger partial charge in [-0.2, -0.15) is 0 Å². The molecule has 0 spiro atoms. The summed E-state index contributed by atoms with van der Waals surface area (Å²) in [7, 11) is 0. The summed E-state index contributed by atoms with van der Waals surface area (Å²) in [4.78, 5) is 13.3. The first kappa shape index (κ1) is 78.0. The molecule has 1 amide bonds. The summed E-state index contributed by atoms with van der Waals surface area (Å²) < 4.78 is 22.8. The number of amides is 1. The molecule has 85 heavy (non-hydrogen) atoms. The number of carbonyl (C=O) groups is 1. The predicted molar refractivity (Wildman–Crippen MR) is 346 cm³/mol. The molecule has 14 nitrogen and oxygen atoms in total. The van der Waals surface area contributed by atoms with E-state index in [0.717, 1.165) is 89.9 Å². The highest BCUT2D eigenvalue weighted by atomic mass is 16.7. The molecule has 0 aliphatic carbocycles. The molecule has 0 saturated carbocycles. The van der Waals surface area contributed by atoms with Crippen LogP contribution in [-0.4, -0.2) is 140 Å². The van der Waals surface area contributed by atoms with Crippen LogP contribution >= 0.6 is 0 Å². The Hall–Kier alpha value is -3.09. The van der Waals surface area contributed by atoms with Crippen molar-refractivity contribution in [3.63, 3.8) is 0 Å². The molecule has 9 N–H and O–H groups in total. The topological polar surface area (TPSA) is 228 Å². The second-order valence-corrected chi connectivity index (χ2v) is 23.5. The Labute approximate surface area is 515 Å². The molecule has 12 unspecified atom stereocenters. The van der Waals surface area contributed by atoms with Crippen LogP contribution in [0.25, 0.3) is 0 Å². The molecular formula is C71H123NO13. The third kappa shape index (κ3) is 39.5. The van der Waals surface area contributed by atoms with Crippen molar-refractivity contribution in [3.8, 4) is 0 Å². The maximum Gasteiger partial charge on any atom is 0.220 e. The van der Waals surface area contributed by atoms with Crippen molar-refractivity contribution in [2.45, 2.75) is 325 Å². The molecule has 0 aromatic rings. The van der Waals surface area contributed by atoms with Crippen LogP contribution in [0.4, 0.5) is 0 Å². The summed E-state index contributed by atoms with van der Waals surface area (Å²) in [6.07, 6.45) is 60.4. The normalized spacial score (nSPS) is 24.2. The number of ether oxygens (including phenoxy) is 4. The van der Waals surface area contributed by atoms with Crippen LogP contribution in [0.3, 0.4) is 0 Å². The van der Waals surface area contributed by atoms with Crippen molar-refractivity contribution in [1.29, 1.82) is 0 Å².